The molecule has 0 saturated heterocycles. The smallest absolute Gasteiger partial charge is 0.258 e. The van der Waals surface area contributed by atoms with Crippen LogP contribution in [0.5, 0.6) is 0 Å². The van der Waals surface area contributed by atoms with E-state index in [1.165, 1.54) is 19.3 Å². The van der Waals surface area contributed by atoms with Crippen molar-refractivity contribution in [1.82, 2.24) is 25.3 Å². The molecule has 4 aliphatic carbocycles. The van der Waals surface area contributed by atoms with Crippen LogP contribution in [-0.4, -0.2) is 31.8 Å². The Bertz CT molecular complexity index is 1130. The van der Waals surface area contributed by atoms with Gasteiger partial charge in [-0.25, -0.2) is 4.98 Å². The molecule has 3 aromatic rings. The van der Waals surface area contributed by atoms with E-state index in [0.29, 0.717) is 17.2 Å². The highest BCUT2D eigenvalue weighted by Crippen LogP contribution is 2.57. The minimum Gasteiger partial charge on any atom is -0.369 e. The summed E-state index contributed by atoms with van der Waals surface area (Å²) in [4.78, 5) is 13.9. The third kappa shape index (κ3) is 3.83. The Morgan fingerprint density at radius 2 is 1.76 bits per heavy atom. The summed E-state index contributed by atoms with van der Waals surface area (Å²) < 4.78 is 11.1. The Hall–Kier alpha value is -2.77. The Labute approximate surface area is 194 Å². The Balaban J connectivity index is 1.11. The second-order valence-corrected chi connectivity index (χ2v) is 11.5. The molecular weight excluding hydrogens is 416 g/mol. The van der Waals surface area contributed by atoms with Gasteiger partial charge in [0.15, 0.2) is 11.6 Å². The fraction of sp³-hybridized carbons (Fsp3) is 0.640. The van der Waals surface area contributed by atoms with Gasteiger partial charge < -0.3 is 14.4 Å². The van der Waals surface area contributed by atoms with Crippen LogP contribution in [0.25, 0.3) is 11.5 Å². The quantitative estimate of drug-likeness (QED) is 0.535. The van der Waals surface area contributed by atoms with Gasteiger partial charge >= 0.3 is 0 Å². The summed E-state index contributed by atoms with van der Waals surface area (Å²) in [6.07, 6.45) is 11.0. The van der Waals surface area contributed by atoms with E-state index in [9.17, 15) is 0 Å². The molecule has 33 heavy (non-hydrogen) atoms. The molecule has 1 N–H and O–H groups in total. The van der Waals surface area contributed by atoms with Crippen molar-refractivity contribution in [3.63, 3.8) is 0 Å². The topological polar surface area (TPSA) is 103 Å². The van der Waals surface area contributed by atoms with Crippen LogP contribution in [0, 0.1) is 5.41 Å². The third-order valence-corrected chi connectivity index (χ3v) is 7.98. The lowest BCUT2D eigenvalue weighted by Gasteiger charge is -2.52. The summed E-state index contributed by atoms with van der Waals surface area (Å²) in [5.41, 5.74) is 1.20. The van der Waals surface area contributed by atoms with Gasteiger partial charge in [0.2, 0.25) is 5.89 Å². The van der Waals surface area contributed by atoms with Gasteiger partial charge in [-0.05, 0) is 68.9 Å². The lowest BCUT2D eigenvalue weighted by Crippen LogP contribution is -2.47. The van der Waals surface area contributed by atoms with E-state index in [-0.39, 0.29) is 10.8 Å². The highest BCUT2D eigenvalue weighted by atomic mass is 16.5. The highest BCUT2D eigenvalue weighted by molar-refractivity contribution is 5.58. The molecule has 7 rings (SSSR count). The summed E-state index contributed by atoms with van der Waals surface area (Å²) in [5, 5.41) is 12.2. The molecule has 174 valence electrons. The maximum atomic E-state index is 5.62. The third-order valence-electron chi connectivity index (χ3n) is 7.98. The SMILES string of the molecule is CC(C)(C)c1nc(C23CCC(CNc4cc(-c5nc(C6CC6)no5)ccn4)(CC2)CC3)no1. The normalized spacial score (nSPS) is 27.1. The van der Waals surface area contributed by atoms with Crippen LogP contribution in [0.4, 0.5) is 5.82 Å². The summed E-state index contributed by atoms with van der Waals surface area (Å²) in [5.74, 6) is 4.43. The van der Waals surface area contributed by atoms with Gasteiger partial charge in [-0.15, -0.1) is 0 Å². The average Bonchev–Trinajstić information content (AvgIpc) is 3.33. The maximum absolute atomic E-state index is 5.62. The van der Waals surface area contributed by atoms with Crippen LogP contribution < -0.4 is 5.32 Å². The molecule has 8 nitrogen and oxygen atoms in total. The summed E-state index contributed by atoms with van der Waals surface area (Å²) >= 11 is 0. The fourth-order valence-electron chi connectivity index (χ4n) is 5.41. The Morgan fingerprint density at radius 1 is 1.00 bits per heavy atom. The number of rotatable bonds is 6. The molecule has 0 radical (unpaired) electrons. The molecular formula is C25H32N6O2. The second-order valence-electron chi connectivity index (χ2n) is 11.5. The number of fused-ring (bicyclic) bond motifs is 3. The van der Waals surface area contributed by atoms with Crippen molar-refractivity contribution >= 4 is 5.82 Å². The number of nitrogens with one attached hydrogen (secondary N) is 1. The van der Waals surface area contributed by atoms with Crippen molar-refractivity contribution in [3.8, 4) is 11.5 Å². The second kappa shape index (κ2) is 7.37. The number of aromatic nitrogens is 5. The molecule has 0 atom stereocenters. The summed E-state index contributed by atoms with van der Waals surface area (Å²) in [7, 11) is 0. The zero-order valence-electron chi connectivity index (χ0n) is 19.7. The number of anilines is 1. The Kier molecular flexibility index (Phi) is 4.65. The average molecular weight is 449 g/mol. The van der Waals surface area contributed by atoms with E-state index in [0.717, 1.165) is 67.6 Å². The van der Waals surface area contributed by atoms with Crippen molar-refractivity contribution in [2.24, 2.45) is 5.41 Å². The predicted molar refractivity (Wildman–Crippen MR) is 123 cm³/mol. The van der Waals surface area contributed by atoms with Gasteiger partial charge in [-0.2, -0.15) is 9.97 Å². The molecule has 4 saturated carbocycles. The predicted octanol–water partition coefficient (Wildman–Crippen LogP) is 5.39. The molecule has 4 fully saturated rings. The molecule has 2 bridgehead atoms. The van der Waals surface area contributed by atoms with Crippen molar-refractivity contribution in [2.75, 3.05) is 11.9 Å². The first-order valence-electron chi connectivity index (χ1n) is 12.2. The number of hydrogen-bond donors (Lipinski definition) is 1. The monoisotopic (exact) mass is 448 g/mol. The van der Waals surface area contributed by atoms with Crippen LogP contribution in [0.15, 0.2) is 27.4 Å². The minimum absolute atomic E-state index is 0.0874. The van der Waals surface area contributed by atoms with E-state index in [1.807, 2.05) is 18.3 Å². The lowest BCUT2D eigenvalue weighted by atomic mass is 9.53. The van der Waals surface area contributed by atoms with E-state index < -0.39 is 0 Å². The number of nitrogens with zero attached hydrogens (tertiary/aromatic N) is 5. The molecule has 3 aromatic heterocycles. The molecule has 0 amide bonds. The van der Waals surface area contributed by atoms with Gasteiger partial charge in [0.25, 0.3) is 5.89 Å². The summed E-state index contributed by atoms with van der Waals surface area (Å²) in [6, 6.07) is 3.95. The summed E-state index contributed by atoms with van der Waals surface area (Å²) in [6.45, 7) is 7.28. The molecule has 0 aromatic carbocycles. The van der Waals surface area contributed by atoms with Gasteiger partial charge in [0, 0.05) is 35.1 Å². The van der Waals surface area contributed by atoms with Gasteiger partial charge in [-0.3, -0.25) is 0 Å². The zero-order valence-corrected chi connectivity index (χ0v) is 19.7. The highest BCUT2D eigenvalue weighted by Gasteiger charge is 2.51. The first-order chi connectivity index (χ1) is 15.8. The molecule has 0 unspecified atom stereocenters. The standard InChI is InChI=1S/C25H32N6O2/c1-23(2,3)22-29-21(31-33-22)25-10-7-24(8-11-25,9-12-25)15-27-18-14-17(6-13-26-18)20-28-19(30-32-20)16-4-5-16/h6,13-14,16H,4-5,7-12,15H2,1-3H3,(H,26,27). The van der Waals surface area contributed by atoms with Crippen LogP contribution in [0.3, 0.4) is 0 Å². The van der Waals surface area contributed by atoms with Gasteiger partial charge in [-0.1, -0.05) is 31.1 Å². The van der Waals surface area contributed by atoms with Gasteiger partial charge in [0.05, 0.1) is 0 Å². The van der Waals surface area contributed by atoms with E-state index >= 15 is 0 Å². The van der Waals surface area contributed by atoms with Crippen molar-refractivity contribution in [3.05, 3.63) is 35.9 Å². The molecule has 8 heteroatoms. The minimum atomic E-state index is -0.110. The number of hydrogen-bond acceptors (Lipinski definition) is 8. The van der Waals surface area contributed by atoms with Crippen molar-refractivity contribution < 1.29 is 9.05 Å². The van der Waals surface area contributed by atoms with Crippen LogP contribution in [0.2, 0.25) is 0 Å². The van der Waals surface area contributed by atoms with E-state index in [4.69, 9.17) is 14.0 Å². The van der Waals surface area contributed by atoms with E-state index in [2.05, 4.69) is 46.4 Å². The first kappa shape index (κ1) is 20.8. The van der Waals surface area contributed by atoms with Crippen LogP contribution in [-0.2, 0) is 10.8 Å². The van der Waals surface area contributed by atoms with Gasteiger partial charge in [0.1, 0.15) is 5.82 Å². The maximum Gasteiger partial charge on any atom is 0.258 e. The van der Waals surface area contributed by atoms with E-state index in [1.54, 1.807) is 0 Å². The first-order valence-corrected chi connectivity index (χ1v) is 12.2. The Morgan fingerprint density at radius 3 is 2.42 bits per heavy atom. The largest absolute Gasteiger partial charge is 0.369 e. The van der Waals surface area contributed by atoms with Crippen LogP contribution >= 0.6 is 0 Å². The van der Waals surface area contributed by atoms with Crippen molar-refractivity contribution in [2.45, 2.75) is 88.9 Å². The molecule has 0 spiro atoms. The molecule has 4 aliphatic rings. The molecule has 0 aliphatic heterocycles. The van der Waals surface area contributed by atoms with Crippen molar-refractivity contribution in [1.29, 1.82) is 0 Å². The lowest BCUT2D eigenvalue weighted by molar-refractivity contribution is 0.0445. The number of pyridine rings is 1. The van der Waals surface area contributed by atoms with Crippen LogP contribution in [0.1, 0.15) is 95.6 Å². The zero-order chi connectivity index (χ0) is 22.7. The fourth-order valence-corrected chi connectivity index (χ4v) is 5.41. The molecule has 3 heterocycles.